The number of hydrogen-bond donors (Lipinski definition) is 0. The first-order chi connectivity index (χ1) is 13.4. The van der Waals surface area contributed by atoms with Crippen LogP contribution < -0.4 is 9.04 Å². The smallest absolute Gasteiger partial charge is 0.232 e. The second-order valence-electron chi connectivity index (χ2n) is 8.56. The van der Waals surface area contributed by atoms with Gasteiger partial charge in [-0.2, -0.15) is 0 Å². The molecule has 0 radical (unpaired) electrons. The van der Waals surface area contributed by atoms with Gasteiger partial charge in [0.25, 0.3) is 0 Å². The number of ether oxygens (including phenoxy) is 1. The zero-order valence-corrected chi connectivity index (χ0v) is 20.0. The van der Waals surface area contributed by atoms with E-state index in [0.717, 1.165) is 5.56 Å². The number of pyridine rings is 1. The molecular formula is C21H32N2O4SSi. The Morgan fingerprint density at radius 3 is 2.34 bits per heavy atom. The monoisotopic (exact) mass is 436 g/mol. The quantitative estimate of drug-likeness (QED) is 0.543. The van der Waals surface area contributed by atoms with E-state index < -0.39 is 18.3 Å². The zero-order valence-electron chi connectivity index (χ0n) is 18.2. The van der Waals surface area contributed by atoms with Gasteiger partial charge in [0.2, 0.25) is 10.0 Å². The number of benzene rings is 1. The second kappa shape index (κ2) is 9.28. The Bertz CT molecular complexity index is 896. The maximum absolute atomic E-state index is 12.5. The van der Waals surface area contributed by atoms with Crippen molar-refractivity contribution in [1.82, 2.24) is 4.98 Å². The third-order valence-corrected chi connectivity index (χ3v) is 10.9. The Morgan fingerprint density at radius 1 is 1.10 bits per heavy atom. The Morgan fingerprint density at radius 2 is 1.76 bits per heavy atom. The minimum Gasteiger partial charge on any atom is -0.487 e. The lowest BCUT2D eigenvalue weighted by Gasteiger charge is -2.36. The SMILES string of the molecule is CC(C)(C)[Si](C)(C)OCCN(c1cnccc1OCc1ccccc1)S(C)(=O)=O. The summed E-state index contributed by atoms with van der Waals surface area (Å²) in [5, 5.41) is 0.0567. The standard InChI is InChI=1S/C21H32N2O4SSi/c1-21(2,3)29(5,6)27-15-14-23(28(4,24)25)19-16-22-13-12-20(19)26-17-18-10-8-7-9-11-18/h7-13,16H,14-15,17H2,1-6H3. The molecule has 0 spiro atoms. The van der Waals surface area contributed by atoms with Crippen molar-refractivity contribution in [2.45, 2.75) is 45.5 Å². The minimum absolute atomic E-state index is 0.0567. The van der Waals surface area contributed by atoms with Crippen LogP contribution in [0.3, 0.4) is 0 Å². The van der Waals surface area contributed by atoms with E-state index in [2.05, 4.69) is 38.8 Å². The molecular weight excluding hydrogens is 404 g/mol. The third kappa shape index (κ3) is 6.55. The molecule has 1 heterocycles. The van der Waals surface area contributed by atoms with Gasteiger partial charge < -0.3 is 9.16 Å². The first-order valence-corrected chi connectivity index (χ1v) is 14.4. The number of aromatic nitrogens is 1. The van der Waals surface area contributed by atoms with Crippen LogP contribution in [-0.4, -0.2) is 41.1 Å². The van der Waals surface area contributed by atoms with Gasteiger partial charge in [-0.3, -0.25) is 9.29 Å². The summed E-state index contributed by atoms with van der Waals surface area (Å²) in [6.45, 7) is 11.6. The molecule has 0 aliphatic heterocycles. The van der Waals surface area contributed by atoms with Gasteiger partial charge in [0.1, 0.15) is 18.0 Å². The lowest BCUT2D eigenvalue weighted by atomic mass is 10.2. The molecule has 0 saturated heterocycles. The van der Waals surface area contributed by atoms with Crippen LogP contribution in [-0.2, 0) is 21.1 Å². The van der Waals surface area contributed by atoms with Gasteiger partial charge in [0.05, 0.1) is 25.6 Å². The van der Waals surface area contributed by atoms with Crippen molar-refractivity contribution < 1.29 is 17.6 Å². The maximum Gasteiger partial charge on any atom is 0.232 e. The number of hydrogen-bond acceptors (Lipinski definition) is 5. The van der Waals surface area contributed by atoms with E-state index in [0.29, 0.717) is 24.7 Å². The predicted octanol–water partition coefficient (Wildman–Crippen LogP) is 4.45. The maximum atomic E-state index is 12.5. The number of sulfonamides is 1. The lowest BCUT2D eigenvalue weighted by Crippen LogP contribution is -2.43. The van der Waals surface area contributed by atoms with Crippen molar-refractivity contribution in [3.8, 4) is 5.75 Å². The van der Waals surface area contributed by atoms with Crippen molar-refractivity contribution in [1.29, 1.82) is 0 Å². The lowest BCUT2D eigenvalue weighted by molar-refractivity contribution is 0.295. The Balaban J connectivity index is 2.18. The fourth-order valence-electron chi connectivity index (χ4n) is 2.48. The highest BCUT2D eigenvalue weighted by Crippen LogP contribution is 2.36. The van der Waals surface area contributed by atoms with Gasteiger partial charge in [0.15, 0.2) is 8.32 Å². The van der Waals surface area contributed by atoms with E-state index in [1.54, 1.807) is 12.3 Å². The average molecular weight is 437 g/mol. The molecule has 0 amide bonds. The molecule has 1 aromatic carbocycles. The van der Waals surface area contributed by atoms with Crippen LogP contribution in [0.4, 0.5) is 5.69 Å². The van der Waals surface area contributed by atoms with Gasteiger partial charge >= 0.3 is 0 Å². The molecule has 0 fully saturated rings. The molecule has 0 atom stereocenters. The van der Waals surface area contributed by atoms with E-state index in [-0.39, 0.29) is 11.6 Å². The summed E-state index contributed by atoms with van der Waals surface area (Å²) in [5.74, 6) is 0.474. The second-order valence-corrected chi connectivity index (χ2v) is 15.3. The highest BCUT2D eigenvalue weighted by molar-refractivity contribution is 7.92. The topological polar surface area (TPSA) is 68.7 Å². The van der Waals surface area contributed by atoms with E-state index in [4.69, 9.17) is 9.16 Å². The molecule has 6 nitrogen and oxygen atoms in total. The molecule has 0 unspecified atom stereocenters. The van der Waals surface area contributed by atoms with Crippen LogP contribution in [0.15, 0.2) is 48.8 Å². The molecule has 8 heteroatoms. The fourth-order valence-corrected chi connectivity index (χ4v) is 4.42. The van der Waals surface area contributed by atoms with Gasteiger partial charge in [-0.25, -0.2) is 8.42 Å². The molecule has 0 N–H and O–H groups in total. The summed E-state index contributed by atoms with van der Waals surface area (Å²) >= 11 is 0. The summed E-state index contributed by atoms with van der Waals surface area (Å²) in [5.41, 5.74) is 1.42. The number of rotatable bonds is 9. The van der Waals surface area contributed by atoms with E-state index >= 15 is 0 Å². The summed E-state index contributed by atoms with van der Waals surface area (Å²) < 4.78 is 38.4. The first-order valence-electron chi connectivity index (χ1n) is 9.64. The van der Waals surface area contributed by atoms with Crippen LogP contribution in [0.25, 0.3) is 0 Å². The normalized spacial score (nSPS) is 12.6. The molecule has 2 rings (SSSR count). The molecule has 0 aliphatic carbocycles. The Hall–Kier alpha value is -1.90. The summed E-state index contributed by atoms with van der Waals surface area (Å²) in [7, 11) is -5.50. The third-order valence-electron chi connectivity index (χ3n) is 5.23. The number of nitrogens with zero attached hydrogens (tertiary/aromatic N) is 2. The van der Waals surface area contributed by atoms with Crippen molar-refractivity contribution in [3.05, 3.63) is 54.4 Å². The summed E-state index contributed by atoms with van der Waals surface area (Å²) in [4.78, 5) is 4.11. The van der Waals surface area contributed by atoms with Crippen LogP contribution in [0.5, 0.6) is 5.75 Å². The van der Waals surface area contributed by atoms with Gasteiger partial charge in [-0.1, -0.05) is 51.1 Å². The molecule has 1 aromatic heterocycles. The van der Waals surface area contributed by atoms with E-state index in [1.165, 1.54) is 16.8 Å². The van der Waals surface area contributed by atoms with Crippen molar-refractivity contribution in [3.63, 3.8) is 0 Å². The molecule has 0 saturated carbocycles. The minimum atomic E-state index is -3.53. The average Bonchev–Trinajstić information content (AvgIpc) is 2.63. The summed E-state index contributed by atoms with van der Waals surface area (Å²) in [6.07, 6.45) is 4.30. The molecule has 160 valence electrons. The van der Waals surface area contributed by atoms with Gasteiger partial charge in [0, 0.05) is 12.3 Å². The highest BCUT2D eigenvalue weighted by Gasteiger charge is 2.37. The number of anilines is 1. The fraction of sp³-hybridized carbons (Fsp3) is 0.476. The van der Waals surface area contributed by atoms with Gasteiger partial charge in [-0.15, -0.1) is 0 Å². The van der Waals surface area contributed by atoms with Gasteiger partial charge in [-0.05, 0) is 23.7 Å². The largest absolute Gasteiger partial charge is 0.487 e. The molecule has 0 bridgehead atoms. The predicted molar refractivity (Wildman–Crippen MR) is 120 cm³/mol. The van der Waals surface area contributed by atoms with Crippen LogP contribution in [0.2, 0.25) is 18.1 Å². The Kier molecular flexibility index (Phi) is 7.48. The molecule has 29 heavy (non-hydrogen) atoms. The van der Waals surface area contributed by atoms with E-state index in [1.807, 2.05) is 30.3 Å². The Labute approximate surface area is 176 Å². The van der Waals surface area contributed by atoms with Crippen molar-refractivity contribution in [2.24, 2.45) is 0 Å². The van der Waals surface area contributed by atoms with Crippen LogP contribution >= 0.6 is 0 Å². The summed E-state index contributed by atoms with van der Waals surface area (Å²) in [6, 6.07) is 11.4. The van der Waals surface area contributed by atoms with Crippen molar-refractivity contribution >= 4 is 24.0 Å². The highest BCUT2D eigenvalue weighted by atomic mass is 32.2. The van der Waals surface area contributed by atoms with E-state index in [9.17, 15) is 8.42 Å². The van der Waals surface area contributed by atoms with Crippen LogP contribution in [0.1, 0.15) is 26.3 Å². The molecule has 0 aliphatic rings. The first kappa shape index (κ1) is 23.4. The molecule has 2 aromatic rings. The van der Waals surface area contributed by atoms with Crippen molar-refractivity contribution in [2.75, 3.05) is 23.7 Å². The zero-order chi connectivity index (χ0) is 21.7. The van der Waals surface area contributed by atoms with Crippen LogP contribution in [0, 0.1) is 0 Å².